The van der Waals surface area contributed by atoms with Gasteiger partial charge in [0.25, 0.3) is 0 Å². The second-order valence-electron chi connectivity index (χ2n) is 8.67. The van der Waals surface area contributed by atoms with Gasteiger partial charge in [0.1, 0.15) is 5.75 Å². The number of hydrogen-bond donors (Lipinski definition) is 2. The molecular formula is C25H28F3N3O2. The number of benzene rings is 1. The monoisotopic (exact) mass is 459 g/mol. The van der Waals surface area contributed by atoms with E-state index in [4.69, 9.17) is 4.74 Å². The molecule has 4 rings (SSSR count). The molecule has 1 aromatic carbocycles. The molecule has 33 heavy (non-hydrogen) atoms. The fourth-order valence-electron chi connectivity index (χ4n) is 4.31. The Labute approximate surface area is 191 Å². The number of carbonyl (C=O) groups is 1. The number of aromatic nitrogens is 1. The maximum absolute atomic E-state index is 12.7. The largest absolute Gasteiger partial charge is 0.439 e. The summed E-state index contributed by atoms with van der Waals surface area (Å²) in [6.45, 7) is 1.82. The zero-order valence-corrected chi connectivity index (χ0v) is 18.3. The summed E-state index contributed by atoms with van der Waals surface area (Å²) in [7, 11) is 0. The van der Waals surface area contributed by atoms with Crippen molar-refractivity contribution < 1.29 is 22.7 Å². The van der Waals surface area contributed by atoms with Crippen LogP contribution in [0.1, 0.15) is 49.7 Å². The van der Waals surface area contributed by atoms with Crippen molar-refractivity contribution in [2.75, 3.05) is 13.1 Å². The number of rotatable bonds is 5. The zero-order valence-electron chi connectivity index (χ0n) is 18.3. The van der Waals surface area contributed by atoms with Crippen LogP contribution in [0.3, 0.4) is 0 Å². The van der Waals surface area contributed by atoms with Crippen LogP contribution in [-0.2, 0) is 11.0 Å². The topological polar surface area (TPSA) is 63.2 Å². The summed E-state index contributed by atoms with van der Waals surface area (Å²) < 4.78 is 43.7. The summed E-state index contributed by atoms with van der Waals surface area (Å²) in [6.07, 6.45) is 3.97. The third kappa shape index (κ3) is 6.57. The Hall–Kier alpha value is -2.87. The molecule has 1 aromatic heterocycles. The van der Waals surface area contributed by atoms with Crippen molar-refractivity contribution >= 4 is 12.0 Å². The Morgan fingerprint density at radius 1 is 1.09 bits per heavy atom. The van der Waals surface area contributed by atoms with Gasteiger partial charge in [-0.1, -0.05) is 23.8 Å². The molecule has 8 heteroatoms. The van der Waals surface area contributed by atoms with Gasteiger partial charge in [-0.25, -0.2) is 4.98 Å². The van der Waals surface area contributed by atoms with Crippen LogP contribution < -0.4 is 15.4 Å². The van der Waals surface area contributed by atoms with Crippen molar-refractivity contribution in [3.8, 4) is 11.6 Å². The van der Waals surface area contributed by atoms with E-state index in [0.29, 0.717) is 5.75 Å². The maximum Gasteiger partial charge on any atom is 0.417 e. The van der Waals surface area contributed by atoms with Gasteiger partial charge in [-0.15, -0.1) is 0 Å². The van der Waals surface area contributed by atoms with Gasteiger partial charge >= 0.3 is 6.18 Å². The minimum absolute atomic E-state index is 0.109. The second kappa shape index (κ2) is 10.4. The molecule has 176 valence electrons. The summed E-state index contributed by atoms with van der Waals surface area (Å²) in [4.78, 5) is 16.2. The molecule has 1 aliphatic heterocycles. The number of nitrogens with zero attached hydrogens (tertiary/aromatic N) is 1. The van der Waals surface area contributed by atoms with Crippen LogP contribution in [-0.4, -0.2) is 30.0 Å². The molecule has 1 saturated heterocycles. The number of nitrogens with one attached hydrogen (secondary N) is 2. The number of pyridine rings is 1. The van der Waals surface area contributed by atoms with E-state index in [2.05, 4.69) is 21.7 Å². The van der Waals surface area contributed by atoms with Crippen molar-refractivity contribution in [2.24, 2.45) is 5.92 Å². The summed E-state index contributed by atoms with van der Waals surface area (Å²) in [6, 6.07) is 9.79. The molecule has 0 radical (unpaired) electrons. The number of ether oxygens (including phenoxy) is 1. The fourth-order valence-corrected chi connectivity index (χ4v) is 4.31. The summed E-state index contributed by atoms with van der Waals surface area (Å²) in [5.74, 6) is 0.943. The lowest BCUT2D eigenvalue weighted by atomic mass is 9.88. The van der Waals surface area contributed by atoms with Gasteiger partial charge in [-0.3, -0.25) is 4.79 Å². The number of hydrogen-bond acceptors (Lipinski definition) is 4. The van der Waals surface area contributed by atoms with E-state index >= 15 is 0 Å². The van der Waals surface area contributed by atoms with E-state index in [1.54, 1.807) is 6.07 Å². The third-order valence-electron chi connectivity index (χ3n) is 6.20. The summed E-state index contributed by atoms with van der Waals surface area (Å²) in [5, 5.41) is 6.52. The smallest absolute Gasteiger partial charge is 0.417 e. The molecule has 0 unspecified atom stereocenters. The van der Waals surface area contributed by atoms with E-state index < -0.39 is 11.7 Å². The van der Waals surface area contributed by atoms with Gasteiger partial charge in [-0.2, -0.15) is 13.2 Å². The second-order valence-corrected chi connectivity index (χ2v) is 8.67. The van der Waals surface area contributed by atoms with Crippen LogP contribution in [0, 0.1) is 5.92 Å². The molecule has 0 spiro atoms. The normalized spacial score (nSPS) is 19.7. The summed E-state index contributed by atoms with van der Waals surface area (Å²) in [5.41, 5.74) is 1.47. The fraction of sp³-hybridized carbons (Fsp3) is 0.440. The average Bonchev–Trinajstić information content (AvgIpc) is 2.81. The van der Waals surface area contributed by atoms with Crippen LogP contribution in [0.25, 0.3) is 6.08 Å². The van der Waals surface area contributed by atoms with Gasteiger partial charge < -0.3 is 15.4 Å². The molecule has 5 nitrogen and oxygen atoms in total. The molecule has 1 saturated carbocycles. The molecule has 2 aromatic rings. The Morgan fingerprint density at radius 3 is 2.52 bits per heavy atom. The first kappa shape index (κ1) is 23.3. The lowest BCUT2D eigenvalue weighted by Crippen LogP contribution is -2.43. The zero-order chi connectivity index (χ0) is 23.3. The Bertz CT molecular complexity index is 973. The average molecular weight is 460 g/mol. The van der Waals surface area contributed by atoms with Crippen molar-refractivity contribution in [3.63, 3.8) is 0 Å². The minimum atomic E-state index is -4.42. The van der Waals surface area contributed by atoms with E-state index in [9.17, 15) is 18.0 Å². The van der Waals surface area contributed by atoms with E-state index in [1.165, 1.54) is 11.6 Å². The number of amides is 1. The quantitative estimate of drug-likeness (QED) is 0.634. The molecule has 2 aliphatic rings. The molecule has 2 N–H and O–H groups in total. The third-order valence-corrected chi connectivity index (χ3v) is 6.20. The van der Waals surface area contributed by atoms with Gasteiger partial charge in [0.05, 0.1) is 5.56 Å². The highest BCUT2D eigenvalue weighted by Gasteiger charge is 2.30. The molecular weight excluding hydrogens is 431 g/mol. The Kier molecular flexibility index (Phi) is 7.33. The van der Waals surface area contributed by atoms with E-state index in [1.807, 2.05) is 18.2 Å². The van der Waals surface area contributed by atoms with Crippen molar-refractivity contribution in [3.05, 3.63) is 59.3 Å². The number of allylic oxidation sites excluding steroid dienone is 1. The maximum atomic E-state index is 12.7. The standard InChI is InChI=1S/C25H28F3N3O2/c26-25(27,28)20-6-9-23(30-16-20)33-22-3-1-2-18(15-22)14-17-4-7-21(8-5-17)31-24(32)19-10-12-29-13-11-19/h1-3,6,9,14-16,19,21,29H,4-5,7-8,10-13H2,(H,31,32). The number of piperidine rings is 1. The minimum Gasteiger partial charge on any atom is -0.439 e. The van der Waals surface area contributed by atoms with Gasteiger partial charge in [-0.05, 0) is 75.4 Å². The van der Waals surface area contributed by atoms with Gasteiger partial charge in [0.2, 0.25) is 11.8 Å². The lowest BCUT2D eigenvalue weighted by molar-refractivity contribution is -0.137. The van der Waals surface area contributed by atoms with Crippen LogP contribution in [0.4, 0.5) is 13.2 Å². The first-order valence-electron chi connectivity index (χ1n) is 11.4. The molecule has 0 atom stereocenters. The van der Waals surface area contributed by atoms with E-state index in [0.717, 1.165) is 69.4 Å². The molecule has 1 amide bonds. The van der Waals surface area contributed by atoms with Crippen LogP contribution >= 0.6 is 0 Å². The van der Waals surface area contributed by atoms with Crippen LogP contribution in [0.15, 0.2) is 48.2 Å². The molecule has 0 bridgehead atoms. The van der Waals surface area contributed by atoms with E-state index in [-0.39, 0.29) is 23.7 Å². The highest BCUT2D eigenvalue weighted by atomic mass is 19.4. The predicted octanol–water partition coefficient (Wildman–Crippen LogP) is 5.33. The van der Waals surface area contributed by atoms with Crippen LogP contribution in [0.2, 0.25) is 0 Å². The molecule has 2 heterocycles. The predicted molar refractivity (Wildman–Crippen MR) is 120 cm³/mol. The first-order chi connectivity index (χ1) is 15.9. The number of alkyl halides is 3. The van der Waals surface area contributed by atoms with Crippen LogP contribution in [0.5, 0.6) is 11.6 Å². The SMILES string of the molecule is O=C(NC1CCC(=Cc2cccc(Oc3ccc(C(F)(F)F)cn3)c2)CC1)C1CCNCC1. The number of halogens is 3. The molecule has 1 aliphatic carbocycles. The highest BCUT2D eigenvalue weighted by Crippen LogP contribution is 2.31. The highest BCUT2D eigenvalue weighted by molar-refractivity contribution is 5.79. The Morgan fingerprint density at radius 2 is 1.85 bits per heavy atom. The first-order valence-corrected chi connectivity index (χ1v) is 11.4. The van der Waals surface area contributed by atoms with Crippen molar-refractivity contribution in [1.29, 1.82) is 0 Å². The molecule has 2 fully saturated rings. The Balaban J connectivity index is 1.31. The summed E-state index contributed by atoms with van der Waals surface area (Å²) >= 11 is 0. The van der Waals surface area contributed by atoms with Gasteiger partial charge in [0, 0.05) is 24.2 Å². The van der Waals surface area contributed by atoms with Crippen molar-refractivity contribution in [1.82, 2.24) is 15.6 Å². The lowest BCUT2D eigenvalue weighted by Gasteiger charge is -2.28. The number of carbonyl (C=O) groups excluding carboxylic acids is 1. The van der Waals surface area contributed by atoms with Gasteiger partial charge in [0.15, 0.2) is 0 Å². The van der Waals surface area contributed by atoms with Crippen molar-refractivity contribution in [2.45, 2.75) is 50.7 Å².